The summed E-state index contributed by atoms with van der Waals surface area (Å²) < 4.78 is 0. The van der Waals surface area contributed by atoms with Gasteiger partial charge < -0.3 is 4.90 Å². The largest absolute Gasteiger partial charge is 0.337 e. The number of amides is 1. The van der Waals surface area contributed by atoms with Gasteiger partial charge in [0.05, 0.1) is 5.75 Å². The molecule has 0 saturated carbocycles. The molecule has 0 radical (unpaired) electrons. The van der Waals surface area contributed by atoms with Crippen LogP contribution in [0.4, 0.5) is 0 Å². The number of hydrogen-bond donors (Lipinski definition) is 0. The molecule has 5 heteroatoms. The predicted octanol–water partition coefficient (Wildman–Crippen LogP) is 2.96. The summed E-state index contributed by atoms with van der Waals surface area (Å²) in [5, 5.41) is 2.12. The van der Waals surface area contributed by atoms with Crippen LogP contribution in [0.1, 0.15) is 16.0 Å². The van der Waals surface area contributed by atoms with Crippen LogP contribution >= 0.6 is 23.1 Å². The molecule has 1 amide bonds. The molecular weight excluding hydrogens is 288 g/mol. The van der Waals surface area contributed by atoms with E-state index in [1.54, 1.807) is 35.5 Å². The first-order valence-electron chi connectivity index (χ1n) is 6.62. The molecule has 20 heavy (non-hydrogen) atoms. The number of aromatic nitrogens is 1. The van der Waals surface area contributed by atoms with Crippen molar-refractivity contribution in [2.75, 3.05) is 12.3 Å². The molecule has 1 aliphatic rings. The standard InChI is InChI=1S/C15H16N2OS2/c18-15(11-19-10-12-1-5-16-6-2-12)17-7-3-14-13(9-17)4-8-20-14/h1-2,4-6,8H,3,7,9-11H2. The molecule has 104 valence electrons. The van der Waals surface area contributed by atoms with Crippen LogP contribution in [0.2, 0.25) is 0 Å². The minimum atomic E-state index is 0.251. The van der Waals surface area contributed by atoms with Gasteiger partial charge in [0.25, 0.3) is 0 Å². The van der Waals surface area contributed by atoms with Crippen molar-refractivity contribution in [3.63, 3.8) is 0 Å². The first-order valence-corrected chi connectivity index (χ1v) is 8.66. The second-order valence-corrected chi connectivity index (χ2v) is 6.77. The van der Waals surface area contributed by atoms with Crippen LogP contribution in [0, 0.1) is 0 Å². The van der Waals surface area contributed by atoms with Crippen molar-refractivity contribution in [1.29, 1.82) is 0 Å². The Morgan fingerprint density at radius 3 is 3.05 bits per heavy atom. The smallest absolute Gasteiger partial charge is 0.232 e. The van der Waals surface area contributed by atoms with E-state index >= 15 is 0 Å². The highest BCUT2D eigenvalue weighted by atomic mass is 32.2. The molecule has 0 saturated heterocycles. The molecule has 3 nitrogen and oxygen atoms in total. The summed E-state index contributed by atoms with van der Waals surface area (Å²) in [5.74, 6) is 1.68. The zero-order chi connectivity index (χ0) is 13.8. The molecule has 0 spiro atoms. The summed E-state index contributed by atoms with van der Waals surface area (Å²) in [4.78, 5) is 19.6. The number of carbonyl (C=O) groups is 1. The summed E-state index contributed by atoms with van der Waals surface area (Å²) in [5.41, 5.74) is 2.55. The summed E-state index contributed by atoms with van der Waals surface area (Å²) in [6.07, 6.45) is 4.59. The number of pyridine rings is 1. The van der Waals surface area contributed by atoms with E-state index in [9.17, 15) is 4.79 Å². The molecule has 0 aromatic carbocycles. The van der Waals surface area contributed by atoms with Crippen molar-refractivity contribution < 1.29 is 4.79 Å². The number of fused-ring (bicyclic) bond motifs is 1. The number of hydrogen-bond acceptors (Lipinski definition) is 4. The van der Waals surface area contributed by atoms with Crippen molar-refractivity contribution in [2.24, 2.45) is 0 Å². The Labute approximate surface area is 127 Å². The van der Waals surface area contributed by atoms with Gasteiger partial charge in [-0.15, -0.1) is 23.1 Å². The van der Waals surface area contributed by atoms with Gasteiger partial charge in [0, 0.05) is 36.1 Å². The van der Waals surface area contributed by atoms with Crippen molar-refractivity contribution >= 4 is 29.0 Å². The fraction of sp³-hybridized carbons (Fsp3) is 0.333. The SMILES string of the molecule is O=C(CSCc1ccncc1)N1CCc2sccc2C1. The number of nitrogens with zero attached hydrogens (tertiary/aromatic N) is 2. The van der Waals surface area contributed by atoms with Gasteiger partial charge in [-0.3, -0.25) is 9.78 Å². The summed E-state index contributed by atoms with van der Waals surface area (Å²) in [7, 11) is 0. The number of carbonyl (C=O) groups excluding carboxylic acids is 1. The molecule has 3 rings (SSSR count). The zero-order valence-corrected chi connectivity index (χ0v) is 12.8. The Balaban J connectivity index is 1.48. The van der Waals surface area contributed by atoms with Gasteiger partial charge in [-0.25, -0.2) is 0 Å². The van der Waals surface area contributed by atoms with Crippen LogP contribution in [0.15, 0.2) is 36.0 Å². The van der Waals surface area contributed by atoms with Gasteiger partial charge in [0.1, 0.15) is 0 Å². The molecule has 0 N–H and O–H groups in total. The van der Waals surface area contributed by atoms with Gasteiger partial charge >= 0.3 is 0 Å². The maximum Gasteiger partial charge on any atom is 0.232 e. The molecule has 0 unspecified atom stereocenters. The zero-order valence-electron chi connectivity index (χ0n) is 11.1. The molecule has 0 aliphatic carbocycles. The molecule has 2 aromatic rings. The van der Waals surface area contributed by atoms with Crippen LogP contribution in [0.25, 0.3) is 0 Å². The first-order chi connectivity index (χ1) is 9.83. The lowest BCUT2D eigenvalue weighted by Gasteiger charge is -2.26. The Morgan fingerprint density at radius 2 is 2.20 bits per heavy atom. The van der Waals surface area contributed by atoms with E-state index < -0.39 is 0 Å². The van der Waals surface area contributed by atoms with E-state index in [1.165, 1.54) is 16.0 Å². The molecule has 1 aliphatic heterocycles. The fourth-order valence-corrected chi connectivity index (χ4v) is 4.06. The molecule has 0 fully saturated rings. The third-order valence-corrected chi connectivity index (χ3v) is 5.42. The number of rotatable bonds is 4. The fourth-order valence-electron chi connectivity index (χ4n) is 2.29. The summed E-state index contributed by atoms with van der Waals surface area (Å²) in [6.45, 7) is 1.65. The lowest BCUT2D eigenvalue weighted by molar-refractivity contribution is -0.129. The Bertz CT molecular complexity index is 583. The first kappa shape index (κ1) is 13.6. The Kier molecular flexibility index (Phi) is 4.38. The van der Waals surface area contributed by atoms with Gasteiger partial charge in [-0.2, -0.15) is 0 Å². The summed E-state index contributed by atoms with van der Waals surface area (Å²) in [6, 6.07) is 6.13. The van der Waals surface area contributed by atoms with Gasteiger partial charge in [0.15, 0.2) is 0 Å². The average molecular weight is 304 g/mol. The maximum atomic E-state index is 12.2. The molecular formula is C15H16N2OS2. The van der Waals surface area contributed by atoms with E-state index in [1.807, 2.05) is 17.0 Å². The lowest BCUT2D eigenvalue weighted by Crippen LogP contribution is -2.36. The average Bonchev–Trinajstić information content (AvgIpc) is 2.95. The van der Waals surface area contributed by atoms with Gasteiger partial charge in [0.2, 0.25) is 5.91 Å². The Morgan fingerprint density at radius 1 is 1.35 bits per heavy atom. The van der Waals surface area contributed by atoms with Crippen LogP contribution in [0.5, 0.6) is 0 Å². The maximum absolute atomic E-state index is 12.2. The van der Waals surface area contributed by atoms with Gasteiger partial charge in [-0.1, -0.05) is 0 Å². The number of thioether (sulfide) groups is 1. The normalized spacial score (nSPS) is 14.1. The van der Waals surface area contributed by atoms with E-state index in [0.717, 1.165) is 25.3 Å². The second kappa shape index (κ2) is 6.41. The Hall–Kier alpha value is -1.33. The van der Waals surface area contributed by atoms with E-state index in [4.69, 9.17) is 0 Å². The molecule has 0 atom stereocenters. The summed E-state index contributed by atoms with van der Waals surface area (Å²) >= 11 is 3.48. The molecule has 3 heterocycles. The van der Waals surface area contributed by atoms with Gasteiger partial charge in [-0.05, 0) is 41.1 Å². The highest BCUT2D eigenvalue weighted by Gasteiger charge is 2.20. The lowest BCUT2D eigenvalue weighted by atomic mass is 10.1. The van der Waals surface area contributed by atoms with Crippen LogP contribution in [-0.4, -0.2) is 28.1 Å². The van der Waals surface area contributed by atoms with Crippen molar-refractivity contribution in [3.05, 3.63) is 52.0 Å². The van der Waals surface area contributed by atoms with Crippen molar-refractivity contribution in [1.82, 2.24) is 9.88 Å². The van der Waals surface area contributed by atoms with Crippen LogP contribution < -0.4 is 0 Å². The second-order valence-electron chi connectivity index (χ2n) is 4.78. The predicted molar refractivity (Wildman–Crippen MR) is 83.8 cm³/mol. The van der Waals surface area contributed by atoms with E-state index in [2.05, 4.69) is 16.4 Å². The van der Waals surface area contributed by atoms with Crippen molar-refractivity contribution in [3.8, 4) is 0 Å². The van der Waals surface area contributed by atoms with E-state index in [0.29, 0.717) is 5.75 Å². The van der Waals surface area contributed by atoms with E-state index in [-0.39, 0.29) is 5.91 Å². The topological polar surface area (TPSA) is 33.2 Å². The number of thiophene rings is 1. The third kappa shape index (κ3) is 3.22. The minimum absolute atomic E-state index is 0.251. The quantitative estimate of drug-likeness (QED) is 0.870. The highest BCUT2D eigenvalue weighted by molar-refractivity contribution is 7.99. The molecule has 0 bridgehead atoms. The van der Waals surface area contributed by atoms with Crippen LogP contribution in [0.3, 0.4) is 0 Å². The molecule has 2 aromatic heterocycles. The minimum Gasteiger partial charge on any atom is -0.337 e. The monoisotopic (exact) mass is 304 g/mol. The van der Waals surface area contributed by atoms with Crippen molar-refractivity contribution in [2.45, 2.75) is 18.7 Å². The third-order valence-electron chi connectivity index (χ3n) is 3.40. The highest BCUT2D eigenvalue weighted by Crippen LogP contribution is 2.24. The van der Waals surface area contributed by atoms with Crippen LogP contribution in [-0.2, 0) is 23.5 Å².